The van der Waals surface area contributed by atoms with Crippen molar-refractivity contribution >= 4 is 0 Å². The summed E-state index contributed by atoms with van der Waals surface area (Å²) in [5.74, 6) is 5.04. The highest BCUT2D eigenvalue weighted by molar-refractivity contribution is 5.38. The molecule has 0 amide bonds. The predicted molar refractivity (Wildman–Crippen MR) is 73.1 cm³/mol. The van der Waals surface area contributed by atoms with E-state index in [1.807, 2.05) is 0 Å². The van der Waals surface area contributed by atoms with Gasteiger partial charge in [0.1, 0.15) is 24.0 Å². The van der Waals surface area contributed by atoms with Crippen LogP contribution in [-0.4, -0.2) is 6.54 Å². The van der Waals surface area contributed by atoms with E-state index in [0.717, 1.165) is 0 Å². The summed E-state index contributed by atoms with van der Waals surface area (Å²) in [6, 6.07) is 10.2. The second kappa shape index (κ2) is 6.69. The summed E-state index contributed by atoms with van der Waals surface area (Å²) in [6.45, 7) is 0.351. The van der Waals surface area contributed by atoms with E-state index in [2.05, 4.69) is 11.8 Å². The molecule has 0 radical (unpaired) electrons. The molecule has 0 fully saturated rings. The first kappa shape index (κ1) is 14.0. The monoisotopic (exact) mass is 273 g/mol. The van der Waals surface area contributed by atoms with Gasteiger partial charge >= 0.3 is 0 Å². The van der Waals surface area contributed by atoms with Crippen molar-refractivity contribution in [2.45, 2.75) is 6.61 Å². The first-order chi connectivity index (χ1) is 9.67. The zero-order valence-corrected chi connectivity index (χ0v) is 10.7. The maximum atomic E-state index is 13.4. The molecule has 2 N–H and O–H groups in total. The molecule has 0 aliphatic carbocycles. The highest BCUT2D eigenvalue weighted by Crippen LogP contribution is 2.15. The molecule has 2 rings (SSSR count). The smallest absolute Gasteiger partial charge is 0.126 e. The lowest BCUT2D eigenvalue weighted by atomic mass is 10.1. The summed E-state index contributed by atoms with van der Waals surface area (Å²) >= 11 is 0. The second-order valence-electron chi connectivity index (χ2n) is 4.10. The molecule has 0 bridgehead atoms. The van der Waals surface area contributed by atoms with Crippen LogP contribution in [0.3, 0.4) is 0 Å². The highest BCUT2D eigenvalue weighted by atomic mass is 19.1. The Morgan fingerprint density at radius 1 is 1.05 bits per heavy atom. The molecular formula is C16H13F2NO. The first-order valence-corrected chi connectivity index (χ1v) is 6.04. The van der Waals surface area contributed by atoms with Gasteiger partial charge in [-0.2, -0.15) is 0 Å². The van der Waals surface area contributed by atoms with Crippen LogP contribution in [0.4, 0.5) is 8.78 Å². The number of hydrogen-bond donors (Lipinski definition) is 1. The molecule has 2 nitrogen and oxygen atoms in total. The van der Waals surface area contributed by atoms with E-state index >= 15 is 0 Å². The molecule has 0 saturated heterocycles. The van der Waals surface area contributed by atoms with Crippen molar-refractivity contribution in [3.8, 4) is 17.6 Å². The van der Waals surface area contributed by atoms with E-state index in [1.54, 1.807) is 18.2 Å². The third-order valence-corrected chi connectivity index (χ3v) is 2.49. The minimum Gasteiger partial charge on any atom is -0.489 e. The molecule has 0 unspecified atom stereocenters. The summed E-state index contributed by atoms with van der Waals surface area (Å²) in [5.41, 5.74) is 6.43. The SMILES string of the molecule is NCC#Cc1cc(F)cc(COc2cccc(F)c2)c1. The van der Waals surface area contributed by atoms with Gasteiger partial charge in [-0.15, -0.1) is 0 Å². The summed E-state index contributed by atoms with van der Waals surface area (Å²) in [4.78, 5) is 0. The fraction of sp³-hybridized carbons (Fsp3) is 0.125. The lowest BCUT2D eigenvalue weighted by Gasteiger charge is -2.07. The lowest BCUT2D eigenvalue weighted by molar-refractivity contribution is 0.304. The van der Waals surface area contributed by atoms with Crippen LogP contribution in [0.15, 0.2) is 42.5 Å². The summed E-state index contributed by atoms with van der Waals surface area (Å²) in [5, 5.41) is 0. The van der Waals surface area contributed by atoms with Crippen molar-refractivity contribution in [3.05, 3.63) is 65.2 Å². The fourth-order valence-corrected chi connectivity index (χ4v) is 1.68. The molecular weight excluding hydrogens is 260 g/mol. The number of nitrogens with two attached hydrogens (primary N) is 1. The summed E-state index contributed by atoms with van der Waals surface area (Å²) < 4.78 is 31.8. The molecule has 0 saturated carbocycles. The molecule has 4 heteroatoms. The molecule has 0 heterocycles. The third-order valence-electron chi connectivity index (χ3n) is 2.49. The molecule has 20 heavy (non-hydrogen) atoms. The molecule has 2 aromatic carbocycles. The minimum absolute atomic E-state index is 0.137. The molecule has 0 atom stereocenters. The van der Waals surface area contributed by atoms with Gasteiger partial charge in [-0.05, 0) is 35.9 Å². The first-order valence-electron chi connectivity index (χ1n) is 6.04. The van der Waals surface area contributed by atoms with Crippen LogP contribution in [0.5, 0.6) is 5.75 Å². The number of ether oxygens (including phenoxy) is 1. The maximum absolute atomic E-state index is 13.4. The lowest BCUT2D eigenvalue weighted by Crippen LogP contribution is -1.98. The Labute approximate surface area is 116 Å². The molecule has 0 aromatic heterocycles. The molecule has 2 aromatic rings. The zero-order valence-electron chi connectivity index (χ0n) is 10.7. The standard InChI is InChI=1S/C16H13F2NO/c17-14-4-1-5-16(10-14)20-11-13-7-12(3-2-6-19)8-15(18)9-13/h1,4-5,7-10H,6,11,19H2. The van der Waals surface area contributed by atoms with E-state index < -0.39 is 5.82 Å². The quantitative estimate of drug-likeness (QED) is 0.873. The Morgan fingerprint density at radius 3 is 2.65 bits per heavy atom. The van der Waals surface area contributed by atoms with E-state index in [9.17, 15) is 8.78 Å². The van der Waals surface area contributed by atoms with Crippen LogP contribution in [0.25, 0.3) is 0 Å². The van der Waals surface area contributed by atoms with Crippen molar-refractivity contribution in [3.63, 3.8) is 0 Å². The molecule has 0 aliphatic rings. The van der Waals surface area contributed by atoms with Crippen LogP contribution >= 0.6 is 0 Å². The Hall–Kier alpha value is -2.38. The van der Waals surface area contributed by atoms with Crippen LogP contribution in [0.1, 0.15) is 11.1 Å². The number of halogens is 2. The van der Waals surface area contributed by atoms with Crippen molar-refractivity contribution in [2.75, 3.05) is 6.54 Å². The molecule has 0 aliphatic heterocycles. The largest absolute Gasteiger partial charge is 0.489 e. The summed E-state index contributed by atoms with van der Waals surface area (Å²) in [6.07, 6.45) is 0. The van der Waals surface area contributed by atoms with Crippen molar-refractivity contribution in [1.82, 2.24) is 0 Å². The van der Waals surface area contributed by atoms with Gasteiger partial charge < -0.3 is 10.5 Å². The van der Waals surface area contributed by atoms with Gasteiger partial charge in [-0.25, -0.2) is 8.78 Å². The topological polar surface area (TPSA) is 35.2 Å². The Morgan fingerprint density at radius 2 is 1.90 bits per heavy atom. The van der Waals surface area contributed by atoms with Gasteiger partial charge in [0.05, 0.1) is 6.54 Å². The third kappa shape index (κ3) is 4.08. The van der Waals surface area contributed by atoms with Crippen LogP contribution in [0, 0.1) is 23.5 Å². The average Bonchev–Trinajstić information content (AvgIpc) is 2.42. The second-order valence-corrected chi connectivity index (χ2v) is 4.10. The fourth-order valence-electron chi connectivity index (χ4n) is 1.68. The minimum atomic E-state index is -0.397. The van der Waals surface area contributed by atoms with Gasteiger partial charge in [0, 0.05) is 11.6 Å². The Kier molecular flexibility index (Phi) is 4.70. The zero-order chi connectivity index (χ0) is 14.4. The normalized spacial score (nSPS) is 9.75. The number of hydrogen-bond acceptors (Lipinski definition) is 2. The van der Waals surface area contributed by atoms with Gasteiger partial charge in [0.25, 0.3) is 0 Å². The predicted octanol–water partition coefficient (Wildman–Crippen LogP) is 2.85. The van der Waals surface area contributed by atoms with Gasteiger partial charge in [-0.1, -0.05) is 17.9 Å². The average molecular weight is 273 g/mol. The van der Waals surface area contributed by atoms with Gasteiger partial charge in [-0.3, -0.25) is 0 Å². The highest BCUT2D eigenvalue weighted by Gasteiger charge is 2.02. The van der Waals surface area contributed by atoms with Gasteiger partial charge in [0.15, 0.2) is 0 Å². The maximum Gasteiger partial charge on any atom is 0.126 e. The van der Waals surface area contributed by atoms with E-state index in [0.29, 0.717) is 16.9 Å². The van der Waals surface area contributed by atoms with E-state index in [4.69, 9.17) is 10.5 Å². The molecule has 102 valence electrons. The Balaban J connectivity index is 2.11. The molecule has 0 spiro atoms. The van der Waals surface area contributed by atoms with Crippen LogP contribution in [0.2, 0.25) is 0 Å². The van der Waals surface area contributed by atoms with Gasteiger partial charge in [0.2, 0.25) is 0 Å². The number of benzene rings is 2. The Bertz CT molecular complexity index is 659. The van der Waals surface area contributed by atoms with Crippen molar-refractivity contribution < 1.29 is 13.5 Å². The van der Waals surface area contributed by atoms with Crippen LogP contribution < -0.4 is 10.5 Å². The summed E-state index contributed by atoms with van der Waals surface area (Å²) in [7, 11) is 0. The van der Waals surface area contributed by atoms with Crippen LogP contribution in [-0.2, 0) is 6.61 Å². The van der Waals surface area contributed by atoms with E-state index in [1.165, 1.54) is 24.3 Å². The number of rotatable bonds is 3. The van der Waals surface area contributed by atoms with Crippen molar-refractivity contribution in [2.24, 2.45) is 5.73 Å². The van der Waals surface area contributed by atoms with Crippen molar-refractivity contribution in [1.29, 1.82) is 0 Å². The van der Waals surface area contributed by atoms with E-state index in [-0.39, 0.29) is 19.0 Å².